The van der Waals surface area contributed by atoms with Gasteiger partial charge in [0.1, 0.15) is 4.21 Å². The second-order valence-corrected chi connectivity index (χ2v) is 7.86. The molecule has 2 aromatic rings. The Kier molecular flexibility index (Phi) is 3.60. The molecule has 0 radical (unpaired) electrons. The first-order valence-electron chi connectivity index (χ1n) is 4.83. The van der Waals surface area contributed by atoms with Gasteiger partial charge < -0.3 is 5.11 Å². The molecule has 96 valence electrons. The van der Waals surface area contributed by atoms with Crippen molar-refractivity contribution >= 4 is 43.1 Å². The van der Waals surface area contributed by atoms with Crippen molar-refractivity contribution in [1.82, 2.24) is 4.98 Å². The molecule has 8 heteroatoms. The van der Waals surface area contributed by atoms with Gasteiger partial charge in [0.25, 0.3) is 10.0 Å². The van der Waals surface area contributed by atoms with Crippen molar-refractivity contribution in [2.24, 2.45) is 0 Å². The monoisotopic (exact) mass is 348 g/mol. The lowest BCUT2D eigenvalue weighted by molar-refractivity contribution is 0.475. The van der Waals surface area contributed by atoms with Crippen LogP contribution in [-0.2, 0) is 10.0 Å². The number of nitrogens with zero attached hydrogens (tertiary/aromatic N) is 1. The van der Waals surface area contributed by atoms with Crippen molar-refractivity contribution < 1.29 is 13.5 Å². The van der Waals surface area contributed by atoms with Crippen molar-refractivity contribution in [3.8, 4) is 5.75 Å². The van der Waals surface area contributed by atoms with E-state index >= 15 is 0 Å². The van der Waals surface area contributed by atoms with Crippen LogP contribution in [-0.4, -0.2) is 18.5 Å². The van der Waals surface area contributed by atoms with Gasteiger partial charge in [-0.25, -0.2) is 13.4 Å². The van der Waals surface area contributed by atoms with Crippen molar-refractivity contribution in [2.45, 2.75) is 11.1 Å². The molecule has 0 saturated heterocycles. The van der Waals surface area contributed by atoms with Gasteiger partial charge in [-0.05, 0) is 47.1 Å². The van der Waals surface area contributed by atoms with Crippen LogP contribution in [0.1, 0.15) is 5.69 Å². The number of rotatable bonds is 3. The van der Waals surface area contributed by atoms with Gasteiger partial charge >= 0.3 is 0 Å². The highest BCUT2D eigenvalue weighted by molar-refractivity contribution is 9.11. The Balaban J connectivity index is 2.36. The number of sulfonamides is 1. The van der Waals surface area contributed by atoms with Crippen LogP contribution in [0, 0.1) is 6.92 Å². The minimum atomic E-state index is -3.72. The fourth-order valence-electron chi connectivity index (χ4n) is 1.24. The summed E-state index contributed by atoms with van der Waals surface area (Å²) in [4.78, 5) is 3.94. The molecular weight excluding hydrogens is 340 g/mol. The third-order valence-corrected chi connectivity index (χ3v) is 5.51. The summed E-state index contributed by atoms with van der Waals surface area (Å²) in [5.41, 5.74) is 0.609. The Hall–Kier alpha value is -1.12. The molecule has 18 heavy (non-hydrogen) atoms. The Labute approximate surface area is 117 Å². The first kappa shape index (κ1) is 13.3. The molecule has 2 N–H and O–H groups in total. The molecule has 0 aliphatic carbocycles. The van der Waals surface area contributed by atoms with Gasteiger partial charge in [-0.15, -0.1) is 11.3 Å². The number of halogens is 1. The normalized spacial score (nSPS) is 11.4. The van der Waals surface area contributed by atoms with Gasteiger partial charge in [0, 0.05) is 5.69 Å². The number of hydrogen-bond donors (Lipinski definition) is 2. The summed E-state index contributed by atoms with van der Waals surface area (Å²) in [6.45, 7) is 1.71. The van der Waals surface area contributed by atoms with Crippen molar-refractivity contribution in [1.29, 1.82) is 0 Å². The number of anilines is 1. The van der Waals surface area contributed by atoms with Crippen LogP contribution in [0.4, 0.5) is 5.82 Å². The zero-order chi connectivity index (χ0) is 13.3. The zero-order valence-electron chi connectivity index (χ0n) is 9.21. The SMILES string of the molecule is Cc1ccc(O)c(NS(=O)(=O)c2ccc(Br)s2)n1. The molecular formula is C10H9BrN2O3S2. The summed E-state index contributed by atoms with van der Waals surface area (Å²) in [6, 6.07) is 6.10. The van der Waals surface area contributed by atoms with Crippen LogP contribution in [0.25, 0.3) is 0 Å². The third-order valence-electron chi connectivity index (χ3n) is 2.06. The topological polar surface area (TPSA) is 79.3 Å². The van der Waals surface area contributed by atoms with Crippen LogP contribution in [0.2, 0.25) is 0 Å². The van der Waals surface area contributed by atoms with Crippen molar-refractivity contribution in [3.63, 3.8) is 0 Å². The van der Waals surface area contributed by atoms with E-state index in [1.165, 1.54) is 12.1 Å². The molecule has 2 heterocycles. The number of hydrogen-bond acceptors (Lipinski definition) is 5. The average Bonchev–Trinajstić information content (AvgIpc) is 2.71. The summed E-state index contributed by atoms with van der Waals surface area (Å²) in [5.74, 6) is -0.278. The number of aromatic nitrogens is 1. The minimum Gasteiger partial charge on any atom is -0.504 e. The van der Waals surface area contributed by atoms with Crippen LogP contribution in [0.5, 0.6) is 5.75 Å². The lowest BCUT2D eigenvalue weighted by Crippen LogP contribution is -2.12. The van der Waals surface area contributed by atoms with Crippen molar-refractivity contribution in [2.75, 3.05) is 4.72 Å². The smallest absolute Gasteiger partial charge is 0.272 e. The van der Waals surface area contributed by atoms with E-state index in [1.54, 1.807) is 19.1 Å². The fraction of sp³-hybridized carbons (Fsp3) is 0.100. The Morgan fingerprint density at radius 1 is 1.33 bits per heavy atom. The summed E-state index contributed by atoms with van der Waals surface area (Å²) in [6.07, 6.45) is 0. The molecule has 2 rings (SSSR count). The number of nitrogens with one attached hydrogen (secondary N) is 1. The maximum atomic E-state index is 12.0. The van der Waals surface area contributed by atoms with E-state index in [2.05, 4.69) is 25.6 Å². The molecule has 0 spiro atoms. The molecule has 2 aromatic heterocycles. The van der Waals surface area contributed by atoms with Crippen molar-refractivity contribution in [3.05, 3.63) is 33.7 Å². The van der Waals surface area contributed by atoms with E-state index in [1.807, 2.05) is 0 Å². The minimum absolute atomic E-state index is 0.0699. The Bertz CT molecular complexity index is 682. The average molecular weight is 349 g/mol. The summed E-state index contributed by atoms with van der Waals surface area (Å²) in [7, 11) is -3.72. The maximum Gasteiger partial charge on any atom is 0.272 e. The van der Waals surface area contributed by atoms with Gasteiger partial charge in [0.15, 0.2) is 11.6 Å². The number of thiophene rings is 1. The molecule has 5 nitrogen and oxygen atoms in total. The fourth-order valence-corrected chi connectivity index (χ4v) is 4.27. The molecule has 0 unspecified atom stereocenters. The quantitative estimate of drug-likeness (QED) is 0.893. The second kappa shape index (κ2) is 4.87. The standard InChI is InChI=1S/C10H9BrN2O3S2/c1-6-2-3-7(14)10(12-6)13-18(15,16)9-5-4-8(11)17-9/h2-5,14H,1H3,(H,12,13). The molecule has 0 aliphatic heterocycles. The number of aryl methyl sites for hydroxylation is 1. The van der Waals surface area contributed by atoms with E-state index in [9.17, 15) is 13.5 Å². The predicted octanol–water partition coefficient (Wildman–Crippen LogP) is 2.72. The Morgan fingerprint density at radius 3 is 2.67 bits per heavy atom. The molecule has 0 fully saturated rings. The second-order valence-electron chi connectivity index (χ2n) is 3.48. The third kappa shape index (κ3) is 2.82. The molecule has 0 aliphatic rings. The van der Waals surface area contributed by atoms with Gasteiger partial charge in [-0.1, -0.05) is 0 Å². The summed E-state index contributed by atoms with van der Waals surface area (Å²) >= 11 is 4.28. The van der Waals surface area contributed by atoms with Gasteiger partial charge in [0.2, 0.25) is 0 Å². The molecule has 0 amide bonds. The van der Waals surface area contributed by atoms with Crippen LogP contribution < -0.4 is 4.72 Å². The number of pyridine rings is 1. The summed E-state index contributed by atoms with van der Waals surface area (Å²) < 4.78 is 27.1. The van der Waals surface area contributed by atoms with Crippen LogP contribution in [0.3, 0.4) is 0 Å². The van der Waals surface area contributed by atoms with E-state index in [0.717, 1.165) is 11.3 Å². The molecule has 0 saturated carbocycles. The number of aromatic hydroxyl groups is 1. The highest BCUT2D eigenvalue weighted by Gasteiger charge is 2.19. The van der Waals surface area contributed by atoms with Crippen LogP contribution >= 0.6 is 27.3 Å². The van der Waals surface area contributed by atoms with Gasteiger partial charge in [0.05, 0.1) is 3.79 Å². The highest BCUT2D eigenvalue weighted by atomic mass is 79.9. The first-order valence-corrected chi connectivity index (χ1v) is 7.92. The Morgan fingerprint density at radius 2 is 2.06 bits per heavy atom. The molecule has 0 aromatic carbocycles. The van der Waals surface area contributed by atoms with E-state index in [4.69, 9.17) is 0 Å². The largest absolute Gasteiger partial charge is 0.504 e. The highest BCUT2D eigenvalue weighted by Crippen LogP contribution is 2.29. The van der Waals surface area contributed by atoms with Crippen LogP contribution in [0.15, 0.2) is 32.3 Å². The first-order chi connectivity index (χ1) is 8.38. The predicted molar refractivity (Wildman–Crippen MR) is 73.5 cm³/mol. The molecule has 0 atom stereocenters. The summed E-state index contributed by atoms with van der Waals surface area (Å²) in [5, 5.41) is 9.56. The lowest BCUT2D eigenvalue weighted by atomic mass is 10.3. The van der Waals surface area contributed by atoms with E-state index in [0.29, 0.717) is 9.48 Å². The van der Waals surface area contributed by atoms with E-state index in [-0.39, 0.29) is 15.8 Å². The van der Waals surface area contributed by atoms with Gasteiger partial charge in [-0.2, -0.15) is 0 Å². The maximum absolute atomic E-state index is 12.0. The molecule has 0 bridgehead atoms. The lowest BCUT2D eigenvalue weighted by Gasteiger charge is -2.07. The van der Waals surface area contributed by atoms with Gasteiger partial charge in [-0.3, -0.25) is 4.72 Å². The van der Waals surface area contributed by atoms with E-state index < -0.39 is 10.0 Å². The zero-order valence-corrected chi connectivity index (χ0v) is 12.4.